The fraction of sp³-hybridized carbons (Fsp3) is 0.286. The lowest BCUT2D eigenvalue weighted by Crippen LogP contribution is -2.18. The number of pyridine rings is 1. The van der Waals surface area contributed by atoms with E-state index < -0.39 is 15.4 Å². The summed E-state index contributed by atoms with van der Waals surface area (Å²) >= 11 is 0. The molecule has 0 saturated carbocycles. The number of anilines is 1. The fourth-order valence-corrected chi connectivity index (χ4v) is 1.83. The second-order valence-corrected chi connectivity index (χ2v) is 4.78. The predicted molar refractivity (Wildman–Crippen MR) is 49.2 cm³/mol. The van der Waals surface area contributed by atoms with Crippen molar-refractivity contribution in [1.82, 2.24) is 4.98 Å². The molecular weight excluding hydrogens is 192 g/mol. The van der Waals surface area contributed by atoms with Gasteiger partial charge in [0, 0.05) is 11.9 Å². The molecule has 72 valence electrons. The Balaban J connectivity index is 3.47. The largest absolute Gasteiger partial charge is 0.398 e. The van der Waals surface area contributed by atoms with E-state index in [1.165, 1.54) is 13.1 Å². The van der Waals surface area contributed by atoms with Crippen molar-refractivity contribution in [2.75, 3.05) is 11.5 Å². The Morgan fingerprint density at radius 1 is 1.54 bits per heavy atom. The molecule has 13 heavy (non-hydrogen) atoms. The Labute approximate surface area is 75.5 Å². The first-order valence-electron chi connectivity index (χ1n) is 3.68. The molecule has 1 aromatic heterocycles. The van der Waals surface area contributed by atoms with Gasteiger partial charge in [-0.05, 0) is 6.07 Å². The van der Waals surface area contributed by atoms with Crippen LogP contribution in [-0.2, 0) is 9.84 Å². The van der Waals surface area contributed by atoms with E-state index >= 15 is 0 Å². The highest BCUT2D eigenvalue weighted by molar-refractivity contribution is 7.91. The maximum atomic E-state index is 11.3. The van der Waals surface area contributed by atoms with E-state index in [1.807, 2.05) is 0 Å². The summed E-state index contributed by atoms with van der Waals surface area (Å²) in [7, 11) is -3.48. The number of nitrogens with one attached hydrogen (secondary N) is 1. The summed E-state index contributed by atoms with van der Waals surface area (Å²) in [6.07, 6.45) is 1.26. The molecule has 0 aliphatic rings. The summed E-state index contributed by atoms with van der Waals surface area (Å²) in [5, 5.41) is 0. The van der Waals surface area contributed by atoms with Crippen LogP contribution < -0.4 is 11.3 Å². The minimum atomic E-state index is -3.48. The van der Waals surface area contributed by atoms with Crippen LogP contribution in [0.3, 0.4) is 0 Å². The summed E-state index contributed by atoms with van der Waals surface area (Å²) in [6, 6.07) is 1.16. The molecule has 0 bridgehead atoms. The van der Waals surface area contributed by atoms with Crippen LogP contribution in [0.15, 0.2) is 22.0 Å². The quantitative estimate of drug-likeness (QED) is 0.691. The molecule has 0 spiro atoms. The van der Waals surface area contributed by atoms with Gasteiger partial charge in [0.25, 0.3) is 5.56 Å². The van der Waals surface area contributed by atoms with Gasteiger partial charge >= 0.3 is 0 Å². The van der Waals surface area contributed by atoms with Crippen molar-refractivity contribution >= 4 is 15.5 Å². The van der Waals surface area contributed by atoms with Gasteiger partial charge in [-0.1, -0.05) is 6.92 Å². The van der Waals surface area contributed by atoms with Gasteiger partial charge in [0.05, 0.1) is 5.75 Å². The zero-order chi connectivity index (χ0) is 10.1. The first-order chi connectivity index (χ1) is 5.97. The monoisotopic (exact) mass is 202 g/mol. The van der Waals surface area contributed by atoms with Crippen LogP contribution in [0.4, 0.5) is 5.69 Å². The molecule has 0 radical (unpaired) electrons. The highest BCUT2D eigenvalue weighted by Crippen LogP contribution is 2.07. The molecule has 0 aromatic carbocycles. The summed E-state index contributed by atoms with van der Waals surface area (Å²) in [6.45, 7) is 1.47. The van der Waals surface area contributed by atoms with E-state index in [-0.39, 0.29) is 16.3 Å². The lowest BCUT2D eigenvalue weighted by atomic mass is 10.4. The second-order valence-electron chi connectivity index (χ2n) is 2.53. The van der Waals surface area contributed by atoms with Crippen molar-refractivity contribution in [3.05, 3.63) is 22.6 Å². The Kier molecular flexibility index (Phi) is 2.42. The number of aromatic amines is 1. The highest BCUT2D eigenvalue weighted by Gasteiger charge is 2.15. The van der Waals surface area contributed by atoms with Crippen LogP contribution in [0.1, 0.15) is 6.92 Å². The fourth-order valence-electron chi connectivity index (χ4n) is 0.865. The molecule has 1 aromatic rings. The van der Waals surface area contributed by atoms with Crippen LogP contribution in [0.25, 0.3) is 0 Å². The van der Waals surface area contributed by atoms with Gasteiger partial charge < -0.3 is 10.7 Å². The third-order valence-electron chi connectivity index (χ3n) is 1.61. The first kappa shape index (κ1) is 9.79. The van der Waals surface area contributed by atoms with Crippen LogP contribution in [0.2, 0.25) is 0 Å². The van der Waals surface area contributed by atoms with E-state index in [1.54, 1.807) is 0 Å². The van der Waals surface area contributed by atoms with Crippen molar-refractivity contribution in [2.24, 2.45) is 0 Å². The number of nitrogens with two attached hydrogens (primary N) is 1. The topological polar surface area (TPSA) is 93.0 Å². The average Bonchev–Trinajstić information content (AvgIpc) is 2.09. The molecule has 5 nitrogen and oxygen atoms in total. The smallest absolute Gasteiger partial charge is 0.266 e. The maximum absolute atomic E-state index is 11.3. The maximum Gasteiger partial charge on any atom is 0.266 e. The summed E-state index contributed by atoms with van der Waals surface area (Å²) in [5.74, 6) is -0.112. The average molecular weight is 202 g/mol. The third-order valence-corrected chi connectivity index (χ3v) is 3.34. The third kappa shape index (κ3) is 1.89. The molecule has 3 N–H and O–H groups in total. The first-order valence-corrected chi connectivity index (χ1v) is 5.33. The number of hydrogen-bond acceptors (Lipinski definition) is 4. The molecular formula is C7H10N2O3S. The number of nitrogen functional groups attached to an aromatic ring is 1. The minimum absolute atomic E-state index is 0.112. The number of rotatable bonds is 2. The predicted octanol–water partition coefficient (Wildman–Crippen LogP) is -0.249. The molecule has 6 heteroatoms. The Hall–Kier alpha value is -1.30. The Morgan fingerprint density at radius 2 is 2.15 bits per heavy atom. The highest BCUT2D eigenvalue weighted by atomic mass is 32.2. The van der Waals surface area contributed by atoms with Gasteiger partial charge in [0.15, 0.2) is 9.84 Å². The molecule has 0 saturated heterocycles. The van der Waals surface area contributed by atoms with Crippen LogP contribution in [0, 0.1) is 0 Å². The van der Waals surface area contributed by atoms with E-state index in [0.29, 0.717) is 0 Å². The van der Waals surface area contributed by atoms with E-state index in [4.69, 9.17) is 5.73 Å². The van der Waals surface area contributed by atoms with Gasteiger partial charge in [-0.25, -0.2) is 8.42 Å². The van der Waals surface area contributed by atoms with Crippen LogP contribution >= 0.6 is 0 Å². The second kappa shape index (κ2) is 3.21. The molecule has 0 amide bonds. The summed E-state index contributed by atoms with van der Waals surface area (Å²) in [5.41, 5.74) is 4.94. The van der Waals surface area contributed by atoms with Crippen molar-refractivity contribution in [2.45, 2.75) is 11.8 Å². The van der Waals surface area contributed by atoms with Gasteiger partial charge in [0.2, 0.25) is 0 Å². The van der Waals surface area contributed by atoms with E-state index in [2.05, 4.69) is 4.98 Å². The van der Waals surface area contributed by atoms with Crippen LogP contribution in [-0.4, -0.2) is 19.2 Å². The SMILES string of the molecule is CCS(=O)(=O)c1cc(N)c[nH]c1=O. The molecule has 0 aliphatic heterocycles. The number of H-pyrrole nitrogens is 1. The number of hydrogen-bond donors (Lipinski definition) is 2. The molecule has 1 heterocycles. The summed E-state index contributed by atoms with van der Waals surface area (Å²) in [4.78, 5) is 13.1. The van der Waals surface area contributed by atoms with Crippen molar-refractivity contribution in [1.29, 1.82) is 0 Å². The number of aromatic nitrogens is 1. The van der Waals surface area contributed by atoms with Gasteiger partial charge in [-0.3, -0.25) is 4.79 Å². The number of sulfone groups is 1. The molecule has 1 rings (SSSR count). The van der Waals surface area contributed by atoms with Gasteiger partial charge in [-0.15, -0.1) is 0 Å². The van der Waals surface area contributed by atoms with Crippen molar-refractivity contribution in [3.8, 4) is 0 Å². The van der Waals surface area contributed by atoms with Crippen molar-refractivity contribution < 1.29 is 8.42 Å². The molecule has 0 unspecified atom stereocenters. The lowest BCUT2D eigenvalue weighted by Gasteiger charge is -2.00. The van der Waals surface area contributed by atoms with Gasteiger partial charge in [0.1, 0.15) is 4.90 Å². The minimum Gasteiger partial charge on any atom is -0.398 e. The Morgan fingerprint density at radius 3 is 2.69 bits per heavy atom. The standard InChI is InChI=1S/C7H10N2O3S/c1-2-13(11,12)6-3-5(8)4-9-7(6)10/h3-4H,2,8H2,1H3,(H,9,10). The zero-order valence-electron chi connectivity index (χ0n) is 7.07. The normalized spacial score (nSPS) is 11.5. The zero-order valence-corrected chi connectivity index (χ0v) is 7.89. The van der Waals surface area contributed by atoms with E-state index in [0.717, 1.165) is 6.07 Å². The molecule has 0 atom stereocenters. The Bertz CT molecular complexity index is 461. The molecule has 0 aliphatic carbocycles. The van der Waals surface area contributed by atoms with E-state index in [9.17, 15) is 13.2 Å². The molecule has 0 fully saturated rings. The summed E-state index contributed by atoms with van der Waals surface area (Å²) < 4.78 is 22.6. The van der Waals surface area contributed by atoms with Crippen molar-refractivity contribution in [3.63, 3.8) is 0 Å². The van der Waals surface area contributed by atoms with Gasteiger partial charge in [-0.2, -0.15) is 0 Å². The van der Waals surface area contributed by atoms with Crippen LogP contribution in [0.5, 0.6) is 0 Å². The lowest BCUT2D eigenvalue weighted by molar-refractivity contribution is 0.596.